The number of aromatic nitrogens is 1. The van der Waals surface area contributed by atoms with Gasteiger partial charge in [-0.2, -0.15) is 0 Å². The summed E-state index contributed by atoms with van der Waals surface area (Å²) in [4.78, 5) is 6.16. The Morgan fingerprint density at radius 2 is 1.73 bits per heavy atom. The lowest BCUT2D eigenvalue weighted by Crippen LogP contribution is -1.90. The summed E-state index contributed by atoms with van der Waals surface area (Å²) >= 11 is 3.69. The highest BCUT2D eigenvalue weighted by molar-refractivity contribution is 7.19. The number of fused-ring (bicyclic) bond motifs is 2. The maximum absolute atomic E-state index is 4.78. The van der Waals surface area contributed by atoms with Crippen molar-refractivity contribution in [2.45, 2.75) is 26.7 Å². The Morgan fingerprint density at radius 3 is 2.64 bits per heavy atom. The molecule has 2 heterocycles. The molecule has 0 unspecified atom stereocenters. The number of rotatable bonds is 3. The van der Waals surface area contributed by atoms with Crippen LogP contribution in [0.2, 0.25) is 0 Å². The number of hydrogen-bond acceptors (Lipinski definition) is 3. The fourth-order valence-corrected chi connectivity index (χ4v) is 4.68. The Labute approximate surface area is 138 Å². The highest BCUT2D eigenvalue weighted by atomic mass is 32.1. The highest BCUT2D eigenvalue weighted by Crippen LogP contribution is 2.27. The molecule has 0 saturated heterocycles. The molecular formula is C19H17NS2. The van der Waals surface area contributed by atoms with Crippen LogP contribution < -0.4 is 0 Å². The van der Waals surface area contributed by atoms with E-state index in [0.717, 1.165) is 18.4 Å². The maximum atomic E-state index is 4.78. The van der Waals surface area contributed by atoms with E-state index >= 15 is 0 Å². The minimum absolute atomic E-state index is 1.02. The van der Waals surface area contributed by atoms with Crippen LogP contribution in [0.3, 0.4) is 0 Å². The Kier molecular flexibility index (Phi) is 3.47. The van der Waals surface area contributed by atoms with E-state index in [4.69, 9.17) is 4.98 Å². The average molecular weight is 323 g/mol. The molecule has 0 saturated carbocycles. The van der Waals surface area contributed by atoms with Crippen LogP contribution in [0.25, 0.3) is 20.3 Å². The van der Waals surface area contributed by atoms with Gasteiger partial charge in [-0.25, -0.2) is 4.98 Å². The molecule has 0 atom stereocenters. The number of aryl methyl sites for hydroxylation is 4. The third kappa shape index (κ3) is 2.67. The number of thiazole rings is 1. The van der Waals surface area contributed by atoms with Crippen LogP contribution in [0.1, 0.15) is 21.0 Å². The van der Waals surface area contributed by atoms with Crippen LogP contribution >= 0.6 is 22.7 Å². The zero-order valence-corrected chi connectivity index (χ0v) is 14.4. The quantitative estimate of drug-likeness (QED) is 0.456. The third-order valence-electron chi connectivity index (χ3n) is 3.92. The van der Waals surface area contributed by atoms with Crippen molar-refractivity contribution < 1.29 is 0 Å². The van der Waals surface area contributed by atoms with E-state index < -0.39 is 0 Å². The molecule has 0 aliphatic heterocycles. The molecule has 0 fully saturated rings. The zero-order chi connectivity index (χ0) is 15.1. The van der Waals surface area contributed by atoms with Crippen molar-refractivity contribution in [1.29, 1.82) is 0 Å². The Bertz CT molecular complexity index is 960. The number of nitrogens with zero attached hydrogens (tertiary/aromatic N) is 1. The summed E-state index contributed by atoms with van der Waals surface area (Å²) in [6.07, 6.45) is 2.08. The van der Waals surface area contributed by atoms with Crippen LogP contribution in [-0.2, 0) is 12.8 Å². The fraction of sp³-hybridized carbons (Fsp3) is 0.211. The predicted octanol–water partition coefficient (Wildman–Crippen LogP) is 5.91. The van der Waals surface area contributed by atoms with Crippen LogP contribution in [0.5, 0.6) is 0 Å². The van der Waals surface area contributed by atoms with E-state index in [0.29, 0.717) is 0 Å². The standard InChI is InChI=1S/C19H17NS2/c1-12-3-6-18-16(9-12)20-19(22-18)8-5-14-4-7-17-15(11-14)10-13(2)21-17/h3-4,6-7,9-11H,5,8H2,1-2H3. The second-order valence-corrected chi connectivity index (χ2v) is 8.21. The van der Waals surface area contributed by atoms with Crippen molar-refractivity contribution in [3.63, 3.8) is 0 Å². The molecule has 0 radical (unpaired) electrons. The first-order chi connectivity index (χ1) is 10.7. The molecule has 0 spiro atoms. The van der Waals surface area contributed by atoms with Crippen LogP contribution in [0.4, 0.5) is 0 Å². The molecule has 22 heavy (non-hydrogen) atoms. The Morgan fingerprint density at radius 1 is 0.864 bits per heavy atom. The van der Waals surface area contributed by atoms with Gasteiger partial charge in [0.25, 0.3) is 0 Å². The molecule has 3 heteroatoms. The van der Waals surface area contributed by atoms with Crippen molar-refractivity contribution in [3.05, 3.63) is 63.5 Å². The molecular weight excluding hydrogens is 306 g/mol. The van der Waals surface area contributed by atoms with E-state index in [1.165, 1.54) is 35.8 Å². The van der Waals surface area contributed by atoms with E-state index in [1.54, 1.807) is 0 Å². The van der Waals surface area contributed by atoms with Gasteiger partial charge < -0.3 is 0 Å². The Hall–Kier alpha value is -1.71. The summed E-state index contributed by atoms with van der Waals surface area (Å²) in [6.45, 7) is 4.30. The summed E-state index contributed by atoms with van der Waals surface area (Å²) in [5, 5.41) is 2.61. The van der Waals surface area contributed by atoms with Gasteiger partial charge in [0.2, 0.25) is 0 Å². The fourth-order valence-electron chi connectivity index (χ4n) is 2.82. The number of thiophene rings is 1. The summed E-state index contributed by atoms with van der Waals surface area (Å²) in [6, 6.07) is 15.7. The van der Waals surface area contributed by atoms with E-state index in [-0.39, 0.29) is 0 Å². The second-order valence-electron chi connectivity index (χ2n) is 5.81. The molecule has 4 aromatic rings. The first-order valence-corrected chi connectivity index (χ1v) is 9.16. The molecule has 1 nitrogen and oxygen atoms in total. The van der Waals surface area contributed by atoms with Crippen molar-refractivity contribution in [2.75, 3.05) is 0 Å². The van der Waals surface area contributed by atoms with Crippen molar-refractivity contribution >= 4 is 43.0 Å². The van der Waals surface area contributed by atoms with Crippen LogP contribution in [0.15, 0.2) is 42.5 Å². The lowest BCUT2D eigenvalue weighted by atomic mass is 10.1. The minimum Gasteiger partial charge on any atom is -0.241 e. The highest BCUT2D eigenvalue weighted by Gasteiger charge is 2.05. The summed E-state index contributed by atoms with van der Waals surface area (Å²) in [5.41, 5.74) is 3.83. The van der Waals surface area contributed by atoms with Crippen molar-refractivity contribution in [1.82, 2.24) is 4.98 Å². The molecule has 0 amide bonds. The largest absolute Gasteiger partial charge is 0.241 e. The van der Waals surface area contributed by atoms with E-state index in [2.05, 4.69) is 56.3 Å². The van der Waals surface area contributed by atoms with E-state index in [9.17, 15) is 0 Å². The summed E-state index contributed by atoms with van der Waals surface area (Å²) in [5.74, 6) is 0. The lowest BCUT2D eigenvalue weighted by molar-refractivity contribution is 0.951. The van der Waals surface area contributed by atoms with Gasteiger partial charge in [0.1, 0.15) is 0 Å². The Balaban J connectivity index is 1.56. The monoisotopic (exact) mass is 323 g/mol. The first kappa shape index (κ1) is 13.9. The minimum atomic E-state index is 1.02. The van der Waals surface area contributed by atoms with Gasteiger partial charge in [-0.3, -0.25) is 0 Å². The van der Waals surface area contributed by atoms with Gasteiger partial charge in [-0.15, -0.1) is 22.7 Å². The van der Waals surface area contributed by atoms with Gasteiger partial charge in [-0.05, 0) is 61.0 Å². The zero-order valence-electron chi connectivity index (χ0n) is 12.7. The summed E-state index contributed by atoms with van der Waals surface area (Å²) < 4.78 is 2.68. The van der Waals surface area contributed by atoms with Crippen LogP contribution in [-0.4, -0.2) is 4.98 Å². The molecule has 0 aliphatic carbocycles. The number of hydrogen-bond donors (Lipinski definition) is 0. The van der Waals surface area contributed by atoms with Crippen molar-refractivity contribution in [3.8, 4) is 0 Å². The normalized spacial score (nSPS) is 11.5. The van der Waals surface area contributed by atoms with Gasteiger partial charge >= 0.3 is 0 Å². The second kappa shape index (κ2) is 5.49. The predicted molar refractivity (Wildman–Crippen MR) is 98.3 cm³/mol. The number of benzene rings is 2. The van der Waals surface area contributed by atoms with Gasteiger partial charge in [0.05, 0.1) is 15.2 Å². The maximum Gasteiger partial charge on any atom is 0.0941 e. The average Bonchev–Trinajstić information content (AvgIpc) is 3.05. The SMILES string of the molecule is Cc1ccc2sc(CCc3ccc4sc(C)cc4c3)nc2c1. The van der Waals surface area contributed by atoms with Gasteiger partial charge in [0.15, 0.2) is 0 Å². The molecule has 2 aromatic carbocycles. The molecule has 2 aromatic heterocycles. The molecule has 0 N–H and O–H groups in total. The van der Waals surface area contributed by atoms with Gasteiger partial charge in [-0.1, -0.05) is 18.2 Å². The summed E-state index contributed by atoms with van der Waals surface area (Å²) in [7, 11) is 0. The lowest BCUT2D eigenvalue weighted by Gasteiger charge is -1.99. The van der Waals surface area contributed by atoms with E-state index in [1.807, 2.05) is 22.7 Å². The third-order valence-corrected chi connectivity index (χ3v) is 6.05. The van der Waals surface area contributed by atoms with Gasteiger partial charge in [0, 0.05) is 16.0 Å². The van der Waals surface area contributed by atoms with Crippen LogP contribution in [0, 0.1) is 13.8 Å². The first-order valence-electron chi connectivity index (χ1n) is 7.52. The van der Waals surface area contributed by atoms with Crippen molar-refractivity contribution in [2.24, 2.45) is 0 Å². The molecule has 4 rings (SSSR count). The smallest absolute Gasteiger partial charge is 0.0941 e. The molecule has 110 valence electrons. The topological polar surface area (TPSA) is 12.9 Å². The molecule has 0 bridgehead atoms. The molecule has 0 aliphatic rings.